The largest absolute Gasteiger partial charge is 0.768 e. The van der Waals surface area contributed by atoms with Gasteiger partial charge in [0.15, 0.2) is 0 Å². The van der Waals surface area contributed by atoms with Gasteiger partial charge in [0, 0.05) is 4.57 Å². The van der Waals surface area contributed by atoms with Crippen LogP contribution in [0.25, 0.3) is 0 Å². The molecule has 0 saturated carbocycles. The van der Waals surface area contributed by atoms with Gasteiger partial charge in [-0.15, -0.1) is 0 Å². The average Bonchev–Trinajstić information content (AvgIpc) is 2.40. The van der Waals surface area contributed by atoms with Gasteiger partial charge in [-0.2, -0.15) is 9.51 Å². The summed E-state index contributed by atoms with van der Waals surface area (Å²) < 4.78 is 24.2. The Morgan fingerprint density at radius 1 is 1.82 bits per heavy atom. The van der Waals surface area contributed by atoms with Crippen LogP contribution in [0.5, 0.6) is 6.08 Å². The van der Waals surface area contributed by atoms with Crippen molar-refractivity contribution >= 4 is 31.0 Å². The zero-order valence-corrected chi connectivity index (χ0v) is 7.64. The molecule has 1 unspecified atom stereocenters. The first-order chi connectivity index (χ1) is 5.33. The summed E-state index contributed by atoms with van der Waals surface area (Å²) in [6.45, 7) is 0. The highest BCUT2D eigenvalue weighted by molar-refractivity contribution is 8.67. The smallest absolute Gasteiger partial charge is 0.414 e. The molecule has 1 heterocycles. The van der Waals surface area contributed by atoms with Gasteiger partial charge in [-0.25, -0.2) is 0 Å². The second-order valence-electron chi connectivity index (χ2n) is 1.26. The maximum Gasteiger partial charge on any atom is 0.768 e. The molecule has 0 aliphatic heterocycles. The van der Waals surface area contributed by atoms with E-state index in [4.69, 9.17) is 0 Å². The molecule has 0 radical (unpaired) electrons. The fourth-order valence-electron chi connectivity index (χ4n) is 0.362. The van der Waals surface area contributed by atoms with Crippen molar-refractivity contribution in [2.24, 2.45) is 0 Å². The molecule has 0 saturated heterocycles. The van der Waals surface area contributed by atoms with Gasteiger partial charge < -0.3 is 4.42 Å². The number of thiol groups is 1. The van der Waals surface area contributed by atoms with Crippen molar-refractivity contribution in [1.82, 2.24) is 4.98 Å². The highest BCUT2D eigenvalue weighted by Gasteiger charge is 2.25. The fraction of sp³-hybridized carbons (Fsp3) is 0. The summed E-state index contributed by atoms with van der Waals surface area (Å²) in [5.74, 6) is 0. The Morgan fingerprint density at radius 2 is 2.64 bits per heavy atom. The highest BCUT2D eigenvalue weighted by Crippen LogP contribution is 2.32. The summed E-state index contributed by atoms with van der Waals surface area (Å²) in [4.78, 5) is 3.55. The summed E-state index contributed by atoms with van der Waals surface area (Å²) in [5, 5.41) is 0. The molecule has 1 aromatic heterocycles. The van der Waals surface area contributed by atoms with Crippen LogP contribution in [-0.4, -0.2) is 4.98 Å². The van der Waals surface area contributed by atoms with Crippen LogP contribution in [0.2, 0.25) is 0 Å². The Bertz CT molecular complexity index is 227. The van der Waals surface area contributed by atoms with Gasteiger partial charge in [0.25, 0.3) is 0 Å². The van der Waals surface area contributed by atoms with Crippen LogP contribution in [0.15, 0.2) is 16.9 Å². The molecular weight excluding hydrogens is 209 g/mol. The van der Waals surface area contributed by atoms with Gasteiger partial charge in [0.1, 0.15) is 17.3 Å². The van der Waals surface area contributed by atoms with E-state index in [0.717, 1.165) is 0 Å². The fourth-order valence-corrected chi connectivity index (χ4v) is 1.41. The summed E-state index contributed by atoms with van der Waals surface area (Å²) >= 11 is 4.24. The minimum Gasteiger partial charge on any atom is -0.414 e. The van der Waals surface area contributed by atoms with Crippen molar-refractivity contribution in [3.8, 4) is 6.08 Å². The Hall–Kier alpha value is -0.230. The van der Waals surface area contributed by atoms with Crippen LogP contribution in [0.1, 0.15) is 0 Å². The van der Waals surface area contributed by atoms with E-state index in [-0.39, 0.29) is 6.08 Å². The van der Waals surface area contributed by atoms with E-state index in [1.165, 1.54) is 12.5 Å². The van der Waals surface area contributed by atoms with Crippen molar-refractivity contribution in [2.75, 3.05) is 0 Å². The van der Waals surface area contributed by atoms with Crippen molar-refractivity contribution in [3.63, 3.8) is 0 Å². The quantitative estimate of drug-likeness (QED) is 0.357. The number of rotatable bonds is 4. The molecule has 1 aromatic rings. The Kier molecular flexibility index (Phi) is 3.71. The minimum atomic E-state index is -2.25. The van der Waals surface area contributed by atoms with Gasteiger partial charge in [-0.05, 0) is 3.97 Å². The summed E-state index contributed by atoms with van der Waals surface area (Å²) in [5.41, 5.74) is 0. The van der Waals surface area contributed by atoms with Crippen LogP contribution in [0.4, 0.5) is 0 Å². The van der Waals surface area contributed by atoms with Gasteiger partial charge in [0.2, 0.25) is 0 Å². The summed E-state index contributed by atoms with van der Waals surface area (Å²) in [6, 6.07) is 0. The number of hydrogen-bond donors (Lipinski definition) is 1. The van der Waals surface area contributed by atoms with Crippen molar-refractivity contribution < 1.29 is 17.5 Å². The molecular formula is C3H3NO4PS2+. The molecule has 0 amide bonds. The highest BCUT2D eigenvalue weighted by atomic mass is 33.1. The lowest BCUT2D eigenvalue weighted by Gasteiger charge is -1.79. The topological polar surface area (TPSA) is 61.6 Å². The second kappa shape index (κ2) is 4.61. The predicted molar refractivity (Wildman–Crippen MR) is 42.4 cm³/mol. The SMILES string of the molecule is O=[P+](OSS)Oc1ncco1. The number of nitrogens with zero attached hydrogens (tertiary/aromatic N) is 1. The first-order valence-corrected chi connectivity index (χ1v) is 5.25. The maximum atomic E-state index is 10.6. The third-order valence-electron chi connectivity index (χ3n) is 0.656. The minimum absolute atomic E-state index is 0.0894. The van der Waals surface area contributed by atoms with E-state index >= 15 is 0 Å². The molecule has 60 valence electrons. The van der Waals surface area contributed by atoms with E-state index in [2.05, 4.69) is 29.6 Å². The summed E-state index contributed by atoms with van der Waals surface area (Å²) in [6.07, 6.45) is 2.58. The molecule has 5 nitrogen and oxygen atoms in total. The average molecular weight is 212 g/mol. The normalized spacial score (nSPS) is 11.2. The first-order valence-electron chi connectivity index (χ1n) is 2.36. The zero-order chi connectivity index (χ0) is 8.10. The lowest BCUT2D eigenvalue weighted by molar-refractivity contribution is 0.349. The number of oxazole rings is 1. The van der Waals surface area contributed by atoms with Crippen LogP contribution < -0.4 is 4.52 Å². The van der Waals surface area contributed by atoms with Crippen molar-refractivity contribution in [2.45, 2.75) is 0 Å². The Morgan fingerprint density at radius 3 is 3.18 bits per heavy atom. The third kappa shape index (κ3) is 3.11. The molecule has 0 aliphatic carbocycles. The number of hydrogen-bond acceptors (Lipinski definition) is 7. The van der Waals surface area contributed by atoms with Crippen molar-refractivity contribution in [3.05, 3.63) is 12.5 Å². The molecule has 1 rings (SSSR count). The molecule has 0 spiro atoms. The molecule has 0 aromatic carbocycles. The Labute approximate surface area is 72.4 Å². The van der Waals surface area contributed by atoms with E-state index in [1.54, 1.807) is 0 Å². The lowest BCUT2D eigenvalue weighted by atomic mass is 11.0. The van der Waals surface area contributed by atoms with Crippen molar-refractivity contribution in [1.29, 1.82) is 0 Å². The molecule has 0 fully saturated rings. The zero-order valence-electron chi connectivity index (χ0n) is 5.04. The molecule has 0 N–H and O–H groups in total. The van der Waals surface area contributed by atoms with Crippen LogP contribution >= 0.6 is 31.0 Å². The van der Waals surface area contributed by atoms with Crippen LogP contribution in [-0.2, 0) is 8.54 Å². The van der Waals surface area contributed by atoms with Gasteiger partial charge in [-0.1, -0.05) is 11.7 Å². The molecule has 1 atom stereocenters. The van der Waals surface area contributed by atoms with Crippen LogP contribution in [0.3, 0.4) is 0 Å². The van der Waals surface area contributed by atoms with Gasteiger partial charge >= 0.3 is 14.3 Å². The lowest BCUT2D eigenvalue weighted by Crippen LogP contribution is -1.79. The predicted octanol–water partition coefficient (Wildman–Crippen LogP) is 2.22. The van der Waals surface area contributed by atoms with E-state index < -0.39 is 8.25 Å². The molecule has 8 heteroatoms. The molecule has 0 bridgehead atoms. The monoisotopic (exact) mass is 212 g/mol. The van der Waals surface area contributed by atoms with Crippen LogP contribution in [0, 0.1) is 0 Å². The first kappa shape index (κ1) is 8.86. The van der Waals surface area contributed by atoms with Gasteiger partial charge in [-0.3, -0.25) is 0 Å². The standard InChI is InChI=1S/C3H2NO4PS2/c5-9(8-11-10)7-3-4-1-2-6-3/h1-2H/p+1. The number of aromatic nitrogens is 1. The maximum absolute atomic E-state index is 10.6. The molecule has 11 heavy (non-hydrogen) atoms. The van der Waals surface area contributed by atoms with E-state index in [0.29, 0.717) is 11.1 Å². The van der Waals surface area contributed by atoms with Gasteiger partial charge in [0.05, 0.1) is 6.20 Å². The molecule has 0 aliphatic rings. The third-order valence-corrected chi connectivity index (χ3v) is 2.32. The second-order valence-corrected chi connectivity index (χ2v) is 3.08. The summed E-state index contributed by atoms with van der Waals surface area (Å²) in [7, 11) is -2.25. The Balaban J connectivity index is 2.37. The van der Waals surface area contributed by atoms with E-state index in [9.17, 15) is 4.57 Å². The van der Waals surface area contributed by atoms with E-state index in [1.807, 2.05) is 0 Å².